The lowest BCUT2D eigenvalue weighted by atomic mass is 10.2. The Balaban J connectivity index is 2.12. The zero-order valence-corrected chi connectivity index (χ0v) is 15.7. The number of nitrogens with zero attached hydrogens (tertiary/aromatic N) is 2. The van der Waals surface area contributed by atoms with Crippen molar-refractivity contribution in [3.05, 3.63) is 45.7 Å². The molecule has 6 nitrogen and oxygen atoms in total. The maximum Gasteiger partial charge on any atom is 0.248 e. The Morgan fingerprint density at radius 3 is 2.76 bits per heavy atom. The number of hydrogen-bond acceptors (Lipinski definition) is 4. The summed E-state index contributed by atoms with van der Waals surface area (Å²) >= 11 is 12.3. The van der Waals surface area contributed by atoms with E-state index in [1.165, 1.54) is 6.08 Å². The predicted octanol–water partition coefficient (Wildman–Crippen LogP) is 3.71. The zero-order chi connectivity index (χ0) is 18.4. The van der Waals surface area contributed by atoms with Gasteiger partial charge in [-0.15, -0.1) is 0 Å². The van der Waals surface area contributed by atoms with Gasteiger partial charge in [0.1, 0.15) is 11.8 Å². The van der Waals surface area contributed by atoms with Crippen molar-refractivity contribution in [2.75, 3.05) is 25.6 Å². The van der Waals surface area contributed by atoms with Crippen LogP contribution in [-0.4, -0.2) is 36.0 Å². The number of methoxy groups -OCH3 is 1. The molecule has 0 radical (unpaired) electrons. The van der Waals surface area contributed by atoms with Crippen LogP contribution in [0.15, 0.2) is 24.3 Å². The van der Waals surface area contributed by atoms with Crippen LogP contribution < -0.4 is 10.1 Å². The highest BCUT2D eigenvalue weighted by Gasteiger charge is 2.12. The number of benzene rings is 1. The molecule has 2 aromatic rings. The van der Waals surface area contributed by atoms with Gasteiger partial charge < -0.3 is 14.8 Å². The summed E-state index contributed by atoms with van der Waals surface area (Å²) in [5.74, 6) is 0.0664. The summed E-state index contributed by atoms with van der Waals surface area (Å²) in [6.07, 6.45) is 3.01. The SMILES string of the molecule is COCCOc1c(Cl)cccc1NC(=O)/C=C/c1c(C)nn(C)c1Cl. The van der Waals surface area contributed by atoms with Gasteiger partial charge in [-0.1, -0.05) is 29.3 Å². The maximum atomic E-state index is 12.2. The van der Waals surface area contributed by atoms with Crippen molar-refractivity contribution >= 4 is 40.9 Å². The van der Waals surface area contributed by atoms with E-state index < -0.39 is 0 Å². The molecule has 0 bridgehead atoms. The van der Waals surface area contributed by atoms with Gasteiger partial charge in [0.2, 0.25) is 5.91 Å². The largest absolute Gasteiger partial charge is 0.487 e. The summed E-state index contributed by atoms with van der Waals surface area (Å²) in [6, 6.07) is 5.13. The van der Waals surface area contributed by atoms with Gasteiger partial charge in [0, 0.05) is 25.8 Å². The smallest absolute Gasteiger partial charge is 0.248 e. The van der Waals surface area contributed by atoms with Crippen LogP contribution in [0, 0.1) is 6.92 Å². The molecule has 1 N–H and O–H groups in total. The number of carbonyl (C=O) groups is 1. The summed E-state index contributed by atoms with van der Waals surface area (Å²) in [7, 11) is 3.32. The van der Waals surface area contributed by atoms with Gasteiger partial charge in [0.05, 0.1) is 23.0 Å². The van der Waals surface area contributed by atoms with Crippen LogP contribution >= 0.6 is 23.2 Å². The fraction of sp³-hybridized carbons (Fsp3) is 0.294. The highest BCUT2D eigenvalue weighted by molar-refractivity contribution is 6.32. The Labute approximate surface area is 156 Å². The Morgan fingerprint density at radius 1 is 1.36 bits per heavy atom. The van der Waals surface area contributed by atoms with Crippen LogP contribution in [0.2, 0.25) is 10.2 Å². The molecule has 0 saturated carbocycles. The van der Waals surface area contributed by atoms with Crippen molar-refractivity contribution < 1.29 is 14.3 Å². The van der Waals surface area contributed by atoms with Crippen molar-refractivity contribution in [3.8, 4) is 5.75 Å². The van der Waals surface area contributed by atoms with Crippen LogP contribution in [0.4, 0.5) is 5.69 Å². The molecule has 1 aromatic carbocycles. The van der Waals surface area contributed by atoms with Gasteiger partial charge in [0.25, 0.3) is 0 Å². The molecule has 0 saturated heterocycles. The molecule has 0 aliphatic heterocycles. The van der Waals surface area contributed by atoms with E-state index in [-0.39, 0.29) is 5.91 Å². The van der Waals surface area contributed by atoms with Crippen LogP contribution in [-0.2, 0) is 16.6 Å². The molecule has 1 amide bonds. The number of aryl methyl sites for hydroxylation is 2. The van der Waals surface area contributed by atoms with E-state index in [9.17, 15) is 4.79 Å². The zero-order valence-electron chi connectivity index (χ0n) is 14.2. The first-order valence-corrected chi connectivity index (χ1v) is 8.28. The first-order chi connectivity index (χ1) is 11.9. The number of para-hydroxylation sites is 1. The lowest BCUT2D eigenvalue weighted by Gasteiger charge is -2.13. The third-order valence-corrected chi connectivity index (χ3v) is 4.10. The minimum absolute atomic E-state index is 0.323. The van der Waals surface area contributed by atoms with E-state index in [4.69, 9.17) is 32.7 Å². The van der Waals surface area contributed by atoms with Gasteiger partial charge in [-0.05, 0) is 25.1 Å². The van der Waals surface area contributed by atoms with Crippen molar-refractivity contribution in [3.63, 3.8) is 0 Å². The molecule has 134 valence electrons. The van der Waals surface area contributed by atoms with Crippen molar-refractivity contribution in [2.24, 2.45) is 7.05 Å². The van der Waals surface area contributed by atoms with Gasteiger partial charge in [0.15, 0.2) is 5.75 Å². The van der Waals surface area contributed by atoms with Crippen LogP contribution in [0.25, 0.3) is 6.08 Å². The molecular weight excluding hydrogens is 365 g/mol. The van der Waals surface area contributed by atoms with E-state index in [2.05, 4.69) is 10.4 Å². The molecule has 1 aromatic heterocycles. The molecular formula is C17H19Cl2N3O3. The maximum absolute atomic E-state index is 12.2. The standard InChI is InChI=1S/C17H19Cl2N3O3/c1-11-12(17(19)22(2)21-11)7-8-15(23)20-14-6-4-5-13(18)16(14)25-10-9-24-3/h4-8H,9-10H2,1-3H3,(H,20,23)/b8-7+. The Morgan fingerprint density at radius 2 is 2.12 bits per heavy atom. The van der Waals surface area contributed by atoms with E-state index in [0.29, 0.717) is 40.4 Å². The quantitative estimate of drug-likeness (QED) is 0.584. The minimum atomic E-state index is -0.335. The average molecular weight is 384 g/mol. The van der Waals surface area contributed by atoms with Gasteiger partial charge in [-0.3, -0.25) is 9.48 Å². The van der Waals surface area contributed by atoms with Crippen molar-refractivity contribution in [2.45, 2.75) is 6.92 Å². The summed E-state index contributed by atoms with van der Waals surface area (Å²) in [5.41, 5.74) is 1.91. The second kappa shape index (κ2) is 8.89. The molecule has 8 heteroatoms. The Bertz CT molecular complexity index is 788. The number of aromatic nitrogens is 2. The second-order valence-corrected chi connectivity index (χ2v) is 5.96. The highest BCUT2D eigenvalue weighted by Crippen LogP contribution is 2.33. The molecule has 2 rings (SSSR count). The number of carbonyl (C=O) groups excluding carboxylic acids is 1. The van der Waals surface area contributed by atoms with E-state index >= 15 is 0 Å². The third kappa shape index (κ3) is 4.98. The van der Waals surface area contributed by atoms with Crippen molar-refractivity contribution in [1.82, 2.24) is 9.78 Å². The third-order valence-electron chi connectivity index (χ3n) is 3.36. The van der Waals surface area contributed by atoms with Gasteiger partial charge >= 0.3 is 0 Å². The number of nitrogens with one attached hydrogen (secondary N) is 1. The second-order valence-electron chi connectivity index (χ2n) is 5.19. The van der Waals surface area contributed by atoms with Gasteiger partial charge in [-0.25, -0.2) is 0 Å². The fourth-order valence-electron chi connectivity index (χ4n) is 2.15. The minimum Gasteiger partial charge on any atom is -0.487 e. The topological polar surface area (TPSA) is 65.4 Å². The molecule has 0 aliphatic carbocycles. The Kier molecular flexibility index (Phi) is 6.87. The van der Waals surface area contributed by atoms with E-state index in [0.717, 1.165) is 5.69 Å². The highest BCUT2D eigenvalue weighted by atomic mass is 35.5. The molecule has 0 unspecified atom stereocenters. The first-order valence-electron chi connectivity index (χ1n) is 7.52. The van der Waals surface area contributed by atoms with Gasteiger partial charge in [-0.2, -0.15) is 5.10 Å². The lowest BCUT2D eigenvalue weighted by Crippen LogP contribution is -2.11. The van der Waals surface area contributed by atoms with Crippen LogP contribution in [0.1, 0.15) is 11.3 Å². The summed E-state index contributed by atoms with van der Waals surface area (Å²) in [6.45, 7) is 2.56. The molecule has 0 fully saturated rings. The average Bonchev–Trinajstić information content (AvgIpc) is 2.81. The number of rotatable bonds is 7. The number of anilines is 1. The fourth-order valence-corrected chi connectivity index (χ4v) is 2.62. The summed E-state index contributed by atoms with van der Waals surface area (Å²) in [4.78, 5) is 12.2. The van der Waals surface area contributed by atoms with Crippen molar-refractivity contribution in [1.29, 1.82) is 0 Å². The monoisotopic (exact) mass is 383 g/mol. The number of halogens is 2. The summed E-state index contributed by atoms with van der Waals surface area (Å²) < 4.78 is 12.1. The normalized spacial score (nSPS) is 11.1. The molecule has 0 atom stereocenters. The Hall–Kier alpha value is -2.02. The molecule has 1 heterocycles. The molecule has 0 aliphatic rings. The lowest BCUT2D eigenvalue weighted by molar-refractivity contribution is -0.111. The molecule has 25 heavy (non-hydrogen) atoms. The van der Waals surface area contributed by atoms with E-state index in [1.54, 1.807) is 43.1 Å². The molecule has 0 spiro atoms. The number of hydrogen-bond donors (Lipinski definition) is 1. The number of amides is 1. The number of ether oxygens (including phenoxy) is 2. The summed E-state index contributed by atoms with van der Waals surface area (Å²) in [5, 5.41) is 7.81. The van der Waals surface area contributed by atoms with Crippen LogP contribution in [0.5, 0.6) is 5.75 Å². The van der Waals surface area contributed by atoms with E-state index in [1.807, 2.05) is 6.92 Å². The first kappa shape index (κ1) is 19.3. The predicted molar refractivity (Wildman–Crippen MR) is 99.4 cm³/mol. The van der Waals surface area contributed by atoms with Crippen LogP contribution in [0.3, 0.4) is 0 Å².